The Morgan fingerprint density at radius 3 is 2.75 bits per heavy atom. The average Bonchev–Trinajstić information content (AvgIpc) is 2.11. The Hall–Kier alpha value is -1.46. The number of guanidine groups is 1. The number of amides is 1. The van der Waals surface area contributed by atoms with Gasteiger partial charge >= 0.3 is 0 Å². The highest BCUT2D eigenvalue weighted by molar-refractivity contribution is 5.79. The third-order valence-electron chi connectivity index (χ3n) is 1.45. The molecule has 0 saturated carbocycles. The lowest BCUT2D eigenvalue weighted by Gasteiger charge is -2.15. The lowest BCUT2D eigenvalue weighted by atomic mass is 10.4. The third-order valence-corrected chi connectivity index (χ3v) is 1.45. The molecule has 0 aromatic carbocycles. The maximum absolute atomic E-state index is 10.7. The first-order chi connectivity index (χ1) is 5.61. The largest absolute Gasteiger partial charge is 0.408 e. The SMILES string of the molecule is CNC(=O)CCN(C)C(N)=NO. The number of carbonyl (C=O) groups is 1. The number of carbonyl (C=O) groups excluding carboxylic acids is 1. The second-order valence-electron chi connectivity index (χ2n) is 2.30. The van der Waals surface area contributed by atoms with E-state index in [-0.39, 0.29) is 11.9 Å². The summed E-state index contributed by atoms with van der Waals surface area (Å²) in [6.07, 6.45) is 0.323. The normalized spacial score (nSPS) is 11.0. The third kappa shape index (κ3) is 3.65. The molecule has 0 aliphatic heterocycles. The Bertz CT molecular complexity index is 180. The standard InChI is InChI=1S/C6H14N4O2/c1-8-5(11)3-4-10(2)6(7)9-12/h12H,3-4H2,1-2H3,(H2,7,9)(H,8,11). The highest BCUT2D eigenvalue weighted by Crippen LogP contribution is 1.86. The van der Waals surface area contributed by atoms with Gasteiger partial charge in [-0.15, -0.1) is 0 Å². The molecule has 6 nitrogen and oxygen atoms in total. The van der Waals surface area contributed by atoms with Gasteiger partial charge in [-0.3, -0.25) is 4.79 Å². The monoisotopic (exact) mass is 174 g/mol. The van der Waals surface area contributed by atoms with Crippen LogP contribution in [0.5, 0.6) is 0 Å². The predicted octanol–water partition coefficient (Wildman–Crippen LogP) is -1.24. The summed E-state index contributed by atoms with van der Waals surface area (Å²) < 4.78 is 0. The summed E-state index contributed by atoms with van der Waals surface area (Å²) in [6, 6.07) is 0. The minimum atomic E-state index is -0.0763. The molecule has 0 saturated heterocycles. The van der Waals surface area contributed by atoms with E-state index in [1.54, 1.807) is 14.1 Å². The fourth-order valence-electron chi connectivity index (χ4n) is 0.585. The molecule has 0 fully saturated rings. The van der Waals surface area contributed by atoms with Crippen LogP contribution in [0.1, 0.15) is 6.42 Å². The van der Waals surface area contributed by atoms with E-state index in [4.69, 9.17) is 10.9 Å². The van der Waals surface area contributed by atoms with E-state index in [1.165, 1.54) is 4.90 Å². The van der Waals surface area contributed by atoms with Crippen LogP contribution >= 0.6 is 0 Å². The molecule has 70 valence electrons. The van der Waals surface area contributed by atoms with Crippen LogP contribution in [0.3, 0.4) is 0 Å². The van der Waals surface area contributed by atoms with Crippen molar-refractivity contribution in [3.8, 4) is 0 Å². The van der Waals surface area contributed by atoms with E-state index < -0.39 is 0 Å². The molecule has 0 aromatic rings. The van der Waals surface area contributed by atoms with Gasteiger partial charge in [-0.25, -0.2) is 0 Å². The minimum Gasteiger partial charge on any atom is -0.408 e. The molecule has 6 heteroatoms. The topological polar surface area (TPSA) is 91.0 Å². The zero-order valence-electron chi connectivity index (χ0n) is 7.24. The molecule has 0 rings (SSSR count). The zero-order valence-corrected chi connectivity index (χ0v) is 7.24. The summed E-state index contributed by atoms with van der Waals surface area (Å²) in [4.78, 5) is 12.2. The maximum Gasteiger partial charge on any atom is 0.233 e. The van der Waals surface area contributed by atoms with Crippen LogP contribution in [-0.4, -0.2) is 42.6 Å². The first kappa shape index (κ1) is 10.5. The molecule has 0 spiro atoms. The highest BCUT2D eigenvalue weighted by atomic mass is 16.4. The number of nitrogens with zero attached hydrogens (tertiary/aromatic N) is 2. The van der Waals surface area contributed by atoms with Crippen molar-refractivity contribution in [2.45, 2.75) is 6.42 Å². The van der Waals surface area contributed by atoms with E-state index in [2.05, 4.69) is 10.5 Å². The van der Waals surface area contributed by atoms with Crippen molar-refractivity contribution in [1.82, 2.24) is 10.2 Å². The van der Waals surface area contributed by atoms with Crippen molar-refractivity contribution in [2.24, 2.45) is 10.9 Å². The summed E-state index contributed by atoms with van der Waals surface area (Å²) in [5.74, 6) is -0.0773. The van der Waals surface area contributed by atoms with Crippen molar-refractivity contribution < 1.29 is 10.0 Å². The molecule has 4 N–H and O–H groups in total. The van der Waals surface area contributed by atoms with Crippen LogP contribution < -0.4 is 11.1 Å². The van der Waals surface area contributed by atoms with Gasteiger partial charge in [0, 0.05) is 27.1 Å². The van der Waals surface area contributed by atoms with Crippen molar-refractivity contribution in [3.63, 3.8) is 0 Å². The second-order valence-corrected chi connectivity index (χ2v) is 2.30. The van der Waals surface area contributed by atoms with E-state index in [9.17, 15) is 4.79 Å². The molecule has 0 heterocycles. The lowest BCUT2D eigenvalue weighted by molar-refractivity contribution is -0.120. The molecule has 1 amide bonds. The fraction of sp³-hybridized carbons (Fsp3) is 0.667. The summed E-state index contributed by atoms with van der Waals surface area (Å²) >= 11 is 0. The van der Waals surface area contributed by atoms with Gasteiger partial charge in [0.2, 0.25) is 11.9 Å². The second kappa shape index (κ2) is 5.22. The molecule has 0 unspecified atom stereocenters. The van der Waals surface area contributed by atoms with E-state index in [0.29, 0.717) is 13.0 Å². The van der Waals surface area contributed by atoms with Gasteiger partial charge in [0.25, 0.3) is 0 Å². The van der Waals surface area contributed by atoms with Gasteiger partial charge in [0.1, 0.15) is 0 Å². The fourth-order valence-corrected chi connectivity index (χ4v) is 0.585. The van der Waals surface area contributed by atoms with Gasteiger partial charge in [0.15, 0.2) is 0 Å². The molecule has 0 bridgehead atoms. The smallest absolute Gasteiger partial charge is 0.233 e. The number of hydrogen-bond donors (Lipinski definition) is 3. The minimum absolute atomic E-state index is 0.00102. The maximum atomic E-state index is 10.7. The summed E-state index contributed by atoms with van der Waals surface area (Å²) in [7, 11) is 3.20. The van der Waals surface area contributed by atoms with E-state index in [0.717, 1.165) is 0 Å². The van der Waals surface area contributed by atoms with Crippen molar-refractivity contribution in [3.05, 3.63) is 0 Å². The van der Waals surface area contributed by atoms with Gasteiger partial charge in [-0.05, 0) is 0 Å². The van der Waals surface area contributed by atoms with Crippen molar-refractivity contribution in [2.75, 3.05) is 20.6 Å². The molecule has 0 aromatic heterocycles. The highest BCUT2D eigenvalue weighted by Gasteiger charge is 2.04. The van der Waals surface area contributed by atoms with Crippen molar-refractivity contribution in [1.29, 1.82) is 0 Å². The van der Waals surface area contributed by atoms with Crippen LogP contribution in [0, 0.1) is 0 Å². The Balaban J connectivity index is 3.71. The Labute approximate surface area is 71.0 Å². The number of oxime groups is 1. The van der Waals surface area contributed by atoms with Crippen molar-refractivity contribution >= 4 is 11.9 Å². The van der Waals surface area contributed by atoms with Gasteiger partial charge in [-0.2, -0.15) is 0 Å². The van der Waals surface area contributed by atoms with Gasteiger partial charge in [-0.1, -0.05) is 5.16 Å². The first-order valence-corrected chi connectivity index (χ1v) is 3.51. The zero-order chi connectivity index (χ0) is 9.56. The molecule has 0 atom stereocenters. The first-order valence-electron chi connectivity index (χ1n) is 3.51. The number of rotatable bonds is 3. The Kier molecular flexibility index (Phi) is 4.59. The molecular formula is C6H14N4O2. The Morgan fingerprint density at radius 2 is 2.33 bits per heavy atom. The number of hydrogen-bond acceptors (Lipinski definition) is 3. The molecule has 0 aliphatic rings. The summed E-state index contributed by atoms with van der Waals surface area (Å²) in [6.45, 7) is 0.426. The summed E-state index contributed by atoms with van der Waals surface area (Å²) in [5.41, 5.74) is 5.24. The average molecular weight is 174 g/mol. The number of nitrogens with one attached hydrogen (secondary N) is 1. The van der Waals surface area contributed by atoms with E-state index >= 15 is 0 Å². The molecular weight excluding hydrogens is 160 g/mol. The summed E-state index contributed by atoms with van der Waals surface area (Å²) in [5, 5.41) is 13.5. The van der Waals surface area contributed by atoms with Gasteiger partial charge in [0.05, 0.1) is 0 Å². The lowest BCUT2D eigenvalue weighted by Crippen LogP contribution is -2.36. The van der Waals surface area contributed by atoms with Crippen LogP contribution in [0.15, 0.2) is 5.16 Å². The Morgan fingerprint density at radius 1 is 1.75 bits per heavy atom. The molecule has 12 heavy (non-hydrogen) atoms. The van der Waals surface area contributed by atoms with E-state index in [1.807, 2.05) is 0 Å². The van der Waals surface area contributed by atoms with Crippen LogP contribution in [0.4, 0.5) is 0 Å². The molecule has 0 aliphatic carbocycles. The van der Waals surface area contributed by atoms with Crippen LogP contribution in [0.25, 0.3) is 0 Å². The predicted molar refractivity (Wildman–Crippen MR) is 44.7 cm³/mol. The quantitative estimate of drug-likeness (QED) is 0.216. The molecule has 0 radical (unpaired) electrons. The van der Waals surface area contributed by atoms with Crippen LogP contribution in [-0.2, 0) is 4.79 Å². The van der Waals surface area contributed by atoms with Crippen LogP contribution in [0.2, 0.25) is 0 Å². The van der Waals surface area contributed by atoms with Gasteiger partial charge < -0.3 is 21.2 Å². The number of nitrogens with two attached hydrogens (primary N) is 1.